The molecule has 0 N–H and O–H groups in total. The van der Waals surface area contributed by atoms with E-state index in [1.54, 1.807) is 30.3 Å². The first-order chi connectivity index (χ1) is 12.4. The Morgan fingerprint density at radius 2 is 1.69 bits per heavy atom. The highest BCUT2D eigenvalue weighted by Gasteiger charge is 2.38. The number of fused-ring (bicyclic) bond motifs is 1. The van der Waals surface area contributed by atoms with Crippen LogP contribution < -0.4 is 9.64 Å². The number of carbonyl (C=O) groups excluding carboxylic acids is 2. The highest BCUT2D eigenvalue weighted by atomic mass is 16.6. The average molecular weight is 351 g/mol. The second-order valence-corrected chi connectivity index (χ2v) is 7.69. The summed E-state index contributed by atoms with van der Waals surface area (Å²) in [5, 5.41) is 0. The van der Waals surface area contributed by atoms with Crippen molar-refractivity contribution < 1.29 is 19.1 Å². The number of imide groups is 1. The van der Waals surface area contributed by atoms with Crippen LogP contribution in [-0.4, -0.2) is 31.1 Å². The van der Waals surface area contributed by atoms with Gasteiger partial charge in [0.1, 0.15) is 18.5 Å². The van der Waals surface area contributed by atoms with Gasteiger partial charge in [0.25, 0.3) is 11.8 Å². The van der Waals surface area contributed by atoms with Gasteiger partial charge >= 0.3 is 0 Å². The lowest BCUT2D eigenvalue weighted by atomic mass is 9.87. The maximum Gasteiger partial charge on any atom is 0.266 e. The molecule has 134 valence electrons. The van der Waals surface area contributed by atoms with Crippen LogP contribution in [0.1, 0.15) is 47.1 Å². The largest absolute Gasteiger partial charge is 0.489 e. The zero-order valence-corrected chi connectivity index (χ0v) is 15.1. The van der Waals surface area contributed by atoms with E-state index in [1.807, 2.05) is 12.1 Å². The molecule has 0 aromatic heterocycles. The second kappa shape index (κ2) is 5.95. The molecule has 2 aromatic carbocycles. The second-order valence-electron chi connectivity index (χ2n) is 7.69. The lowest BCUT2D eigenvalue weighted by Gasteiger charge is -2.24. The SMILES string of the molecule is CC(C)(C)c1ccc(N2C(=O)c3ccccc3C2=O)c(OCC2CO2)c1. The third-order valence-corrected chi connectivity index (χ3v) is 4.69. The summed E-state index contributed by atoms with van der Waals surface area (Å²) in [6.45, 7) is 7.42. The summed E-state index contributed by atoms with van der Waals surface area (Å²) >= 11 is 0. The first-order valence-corrected chi connectivity index (χ1v) is 8.73. The standard InChI is InChI=1S/C21H21NO4/c1-21(2,3)13-8-9-17(18(10-13)26-12-14-11-25-14)22-19(23)15-6-4-5-7-16(15)20(22)24/h4-10,14H,11-12H2,1-3H3. The molecule has 1 atom stereocenters. The van der Waals surface area contributed by atoms with Crippen LogP contribution in [0.5, 0.6) is 5.75 Å². The molecule has 2 aromatic rings. The van der Waals surface area contributed by atoms with Crippen molar-refractivity contribution in [3.05, 3.63) is 59.2 Å². The van der Waals surface area contributed by atoms with Crippen molar-refractivity contribution in [2.24, 2.45) is 0 Å². The highest BCUT2D eigenvalue weighted by Crippen LogP contribution is 2.38. The number of amides is 2. The van der Waals surface area contributed by atoms with Crippen LogP contribution in [-0.2, 0) is 10.2 Å². The molecule has 0 spiro atoms. The number of rotatable bonds is 4. The summed E-state index contributed by atoms with van der Waals surface area (Å²) in [6.07, 6.45) is 0.0864. The van der Waals surface area contributed by atoms with E-state index in [0.717, 1.165) is 5.56 Å². The molecule has 1 fully saturated rings. The number of hydrogen-bond donors (Lipinski definition) is 0. The van der Waals surface area contributed by atoms with Gasteiger partial charge in [-0.25, -0.2) is 4.90 Å². The topological polar surface area (TPSA) is 59.1 Å². The number of ether oxygens (including phenoxy) is 2. The average Bonchev–Trinajstić information content (AvgIpc) is 3.40. The first-order valence-electron chi connectivity index (χ1n) is 8.73. The molecular weight excluding hydrogens is 330 g/mol. The van der Waals surface area contributed by atoms with Gasteiger partial charge in [0.05, 0.1) is 23.4 Å². The van der Waals surface area contributed by atoms with Gasteiger partial charge < -0.3 is 9.47 Å². The molecule has 2 heterocycles. The molecule has 2 amide bonds. The van der Waals surface area contributed by atoms with Crippen LogP contribution in [0, 0.1) is 0 Å². The smallest absolute Gasteiger partial charge is 0.266 e. The van der Waals surface area contributed by atoms with E-state index in [9.17, 15) is 9.59 Å². The summed E-state index contributed by atoms with van der Waals surface area (Å²) in [7, 11) is 0. The first kappa shape index (κ1) is 16.8. The van der Waals surface area contributed by atoms with Crippen LogP contribution >= 0.6 is 0 Å². The minimum Gasteiger partial charge on any atom is -0.489 e. The summed E-state index contributed by atoms with van der Waals surface area (Å²) in [5.74, 6) is -0.106. The zero-order valence-electron chi connectivity index (χ0n) is 15.1. The van der Waals surface area contributed by atoms with Crippen LogP contribution in [0.2, 0.25) is 0 Å². The predicted molar refractivity (Wildman–Crippen MR) is 98.0 cm³/mol. The van der Waals surface area contributed by atoms with Crippen LogP contribution in [0.25, 0.3) is 0 Å². The van der Waals surface area contributed by atoms with E-state index in [1.165, 1.54) is 4.90 Å². The molecule has 5 nitrogen and oxygen atoms in total. The minimum atomic E-state index is -0.318. The Morgan fingerprint density at radius 3 is 2.23 bits per heavy atom. The monoisotopic (exact) mass is 351 g/mol. The van der Waals surface area contributed by atoms with Crippen LogP contribution in [0.4, 0.5) is 5.69 Å². The van der Waals surface area contributed by atoms with E-state index in [2.05, 4.69) is 20.8 Å². The molecular formula is C21H21NO4. The molecule has 0 aliphatic carbocycles. The van der Waals surface area contributed by atoms with Gasteiger partial charge in [-0.15, -0.1) is 0 Å². The Morgan fingerprint density at radius 1 is 1.08 bits per heavy atom. The fraction of sp³-hybridized carbons (Fsp3) is 0.333. The molecule has 1 unspecified atom stereocenters. The van der Waals surface area contributed by atoms with E-state index in [-0.39, 0.29) is 23.3 Å². The number of carbonyl (C=O) groups is 2. The summed E-state index contributed by atoms with van der Waals surface area (Å²) in [5.41, 5.74) is 2.33. The van der Waals surface area contributed by atoms with E-state index in [4.69, 9.17) is 9.47 Å². The normalized spacial score (nSPS) is 18.9. The maximum atomic E-state index is 12.8. The Bertz CT molecular complexity index is 858. The van der Waals surface area contributed by atoms with Crippen molar-refractivity contribution in [1.29, 1.82) is 0 Å². The Kier molecular flexibility index (Phi) is 3.84. The fourth-order valence-electron chi connectivity index (χ4n) is 3.04. The van der Waals surface area contributed by atoms with Crippen molar-refractivity contribution in [3.63, 3.8) is 0 Å². The van der Waals surface area contributed by atoms with Crippen molar-refractivity contribution in [2.45, 2.75) is 32.3 Å². The molecule has 26 heavy (non-hydrogen) atoms. The lowest BCUT2D eigenvalue weighted by molar-refractivity contribution is 0.0924. The number of epoxide rings is 1. The third kappa shape index (κ3) is 2.88. The van der Waals surface area contributed by atoms with Gasteiger partial charge in [0, 0.05) is 0 Å². The molecule has 5 heteroatoms. The maximum absolute atomic E-state index is 12.8. The lowest BCUT2D eigenvalue weighted by Crippen LogP contribution is -2.30. The molecule has 0 bridgehead atoms. The van der Waals surface area contributed by atoms with E-state index in [0.29, 0.717) is 35.8 Å². The number of nitrogens with zero attached hydrogens (tertiary/aromatic N) is 1. The van der Waals surface area contributed by atoms with Gasteiger partial charge in [0.2, 0.25) is 0 Å². The summed E-state index contributed by atoms with van der Waals surface area (Å²) in [6, 6.07) is 12.5. The van der Waals surface area contributed by atoms with Gasteiger partial charge in [-0.1, -0.05) is 39.0 Å². The number of anilines is 1. The molecule has 1 saturated heterocycles. The Balaban J connectivity index is 1.75. The Hall–Kier alpha value is -2.66. The zero-order chi connectivity index (χ0) is 18.5. The number of benzene rings is 2. The third-order valence-electron chi connectivity index (χ3n) is 4.69. The predicted octanol–water partition coefficient (Wildman–Crippen LogP) is 3.56. The Labute approximate surface area is 152 Å². The van der Waals surface area contributed by atoms with Crippen LogP contribution in [0.3, 0.4) is 0 Å². The molecule has 2 aliphatic rings. The van der Waals surface area contributed by atoms with Gasteiger partial charge in [0.15, 0.2) is 0 Å². The van der Waals surface area contributed by atoms with E-state index >= 15 is 0 Å². The molecule has 4 rings (SSSR count). The quantitative estimate of drug-likeness (QED) is 0.624. The van der Waals surface area contributed by atoms with Crippen molar-refractivity contribution in [2.75, 3.05) is 18.1 Å². The molecule has 0 radical (unpaired) electrons. The fourth-order valence-corrected chi connectivity index (χ4v) is 3.04. The summed E-state index contributed by atoms with van der Waals surface area (Å²) < 4.78 is 11.1. The van der Waals surface area contributed by atoms with Gasteiger partial charge in [-0.3, -0.25) is 9.59 Å². The van der Waals surface area contributed by atoms with Crippen LogP contribution in [0.15, 0.2) is 42.5 Å². The van der Waals surface area contributed by atoms with E-state index < -0.39 is 0 Å². The highest BCUT2D eigenvalue weighted by molar-refractivity contribution is 6.34. The molecule has 2 aliphatic heterocycles. The molecule has 0 saturated carbocycles. The summed E-state index contributed by atoms with van der Waals surface area (Å²) in [4.78, 5) is 26.8. The van der Waals surface area contributed by atoms with Crippen molar-refractivity contribution >= 4 is 17.5 Å². The number of hydrogen-bond acceptors (Lipinski definition) is 4. The van der Waals surface area contributed by atoms with Crippen molar-refractivity contribution in [3.8, 4) is 5.75 Å². The minimum absolute atomic E-state index is 0.0747. The van der Waals surface area contributed by atoms with Gasteiger partial charge in [-0.05, 0) is 35.2 Å². The van der Waals surface area contributed by atoms with Gasteiger partial charge in [-0.2, -0.15) is 0 Å². The van der Waals surface area contributed by atoms with Crippen molar-refractivity contribution in [1.82, 2.24) is 0 Å².